The minimum absolute atomic E-state index is 0.106. The van der Waals surface area contributed by atoms with Crippen LogP contribution in [0, 0.1) is 6.92 Å². The summed E-state index contributed by atoms with van der Waals surface area (Å²) in [5, 5.41) is 11.8. The summed E-state index contributed by atoms with van der Waals surface area (Å²) in [6, 6.07) is 12.3. The normalized spacial score (nSPS) is 16.8. The predicted octanol–water partition coefficient (Wildman–Crippen LogP) is 5.70. The zero-order valence-corrected chi connectivity index (χ0v) is 22.1. The average Bonchev–Trinajstić information content (AvgIpc) is 3.40. The number of benzene rings is 2. The Labute approximate surface area is 223 Å². The number of Topliss-reactive ketones (excluding diaryl/α,β-unsaturated/α-hetero) is 1. The highest BCUT2D eigenvalue weighted by Crippen LogP contribution is 2.44. The van der Waals surface area contributed by atoms with Gasteiger partial charge in [0.25, 0.3) is 5.78 Å². The van der Waals surface area contributed by atoms with Crippen LogP contribution >= 0.6 is 22.9 Å². The van der Waals surface area contributed by atoms with Gasteiger partial charge in [-0.05, 0) is 55.3 Å². The molecule has 1 fully saturated rings. The van der Waals surface area contributed by atoms with Gasteiger partial charge in [-0.15, -0.1) is 0 Å². The first kappa shape index (κ1) is 26.4. The number of halogens is 1. The van der Waals surface area contributed by atoms with E-state index in [0.717, 1.165) is 24.2 Å². The van der Waals surface area contributed by atoms with Gasteiger partial charge in [0, 0.05) is 10.6 Å². The molecule has 0 radical (unpaired) electrons. The molecule has 8 nitrogen and oxygen atoms in total. The summed E-state index contributed by atoms with van der Waals surface area (Å²) in [6.45, 7) is 4.19. The van der Waals surface area contributed by atoms with Crippen molar-refractivity contribution in [3.63, 3.8) is 0 Å². The fourth-order valence-corrected chi connectivity index (χ4v) is 5.12. The number of rotatable bonds is 8. The number of nitrogens with zero attached hydrogens (tertiary/aromatic N) is 2. The van der Waals surface area contributed by atoms with Crippen LogP contribution in [0.4, 0.5) is 5.13 Å². The first-order valence-electron chi connectivity index (χ1n) is 11.6. The molecule has 1 unspecified atom stereocenters. The van der Waals surface area contributed by atoms with Crippen molar-refractivity contribution in [3.05, 3.63) is 80.8 Å². The molecule has 37 heavy (non-hydrogen) atoms. The highest BCUT2D eigenvalue weighted by molar-refractivity contribution is 7.17. The second-order valence-corrected chi connectivity index (χ2v) is 9.77. The molecule has 1 saturated heterocycles. The van der Waals surface area contributed by atoms with E-state index in [0.29, 0.717) is 34.2 Å². The number of esters is 1. The molecule has 1 aliphatic heterocycles. The Balaban J connectivity index is 1.89. The first-order valence-corrected chi connectivity index (χ1v) is 12.8. The largest absolute Gasteiger partial charge is 0.507 e. The van der Waals surface area contributed by atoms with Gasteiger partial charge in [0.05, 0.1) is 31.0 Å². The summed E-state index contributed by atoms with van der Waals surface area (Å²) in [5.74, 6) is -2.12. The van der Waals surface area contributed by atoms with E-state index in [1.54, 1.807) is 55.5 Å². The van der Waals surface area contributed by atoms with Crippen LogP contribution < -0.4 is 9.64 Å². The van der Waals surface area contributed by atoms with E-state index in [4.69, 9.17) is 21.1 Å². The van der Waals surface area contributed by atoms with Gasteiger partial charge in [-0.25, -0.2) is 9.78 Å². The Kier molecular flexibility index (Phi) is 7.94. The van der Waals surface area contributed by atoms with Crippen LogP contribution in [0.25, 0.3) is 5.76 Å². The summed E-state index contributed by atoms with van der Waals surface area (Å²) < 4.78 is 10.7. The van der Waals surface area contributed by atoms with Crippen molar-refractivity contribution in [1.82, 2.24) is 4.98 Å². The zero-order valence-electron chi connectivity index (χ0n) is 20.5. The number of methoxy groups -OCH3 is 1. The SMILES string of the molecule is CCCCOc1cccc(C2/C(=C(\O)c3ccc(Cl)cc3)C(=O)C(=O)N2c2nc(C)c(C(=O)OC)s2)c1. The number of unbranched alkanes of at least 4 members (excludes halogenated alkanes) is 1. The number of carbonyl (C=O) groups is 3. The number of aliphatic hydroxyl groups is 1. The number of aromatic nitrogens is 1. The van der Waals surface area contributed by atoms with Gasteiger partial charge >= 0.3 is 11.9 Å². The molecule has 1 N–H and O–H groups in total. The van der Waals surface area contributed by atoms with E-state index < -0.39 is 23.7 Å². The van der Waals surface area contributed by atoms with Crippen LogP contribution in [0.15, 0.2) is 54.1 Å². The lowest BCUT2D eigenvalue weighted by atomic mass is 9.95. The molecule has 0 bridgehead atoms. The summed E-state index contributed by atoms with van der Waals surface area (Å²) in [7, 11) is 1.25. The molecule has 1 aromatic heterocycles. The number of hydrogen-bond donors (Lipinski definition) is 1. The number of aryl methyl sites for hydroxylation is 1. The third kappa shape index (κ3) is 5.23. The maximum absolute atomic E-state index is 13.4. The Bertz CT molecular complexity index is 1380. The van der Waals surface area contributed by atoms with Gasteiger partial charge in [-0.2, -0.15) is 0 Å². The molecule has 1 atom stereocenters. The number of amides is 1. The molecule has 192 valence electrons. The second-order valence-electron chi connectivity index (χ2n) is 8.35. The van der Waals surface area contributed by atoms with Crippen LogP contribution in [0.1, 0.15) is 52.3 Å². The van der Waals surface area contributed by atoms with Gasteiger partial charge in [0.15, 0.2) is 5.13 Å². The molecule has 10 heteroatoms. The monoisotopic (exact) mass is 540 g/mol. The molecular formula is C27H25ClN2O6S. The topological polar surface area (TPSA) is 106 Å². The number of carbonyl (C=O) groups excluding carboxylic acids is 3. The minimum atomic E-state index is -1.01. The predicted molar refractivity (Wildman–Crippen MR) is 141 cm³/mol. The number of hydrogen-bond acceptors (Lipinski definition) is 8. The second kappa shape index (κ2) is 11.1. The number of aliphatic hydroxyl groups excluding tert-OH is 1. The average molecular weight is 541 g/mol. The zero-order chi connectivity index (χ0) is 26.7. The number of ketones is 1. The van der Waals surface area contributed by atoms with Crippen LogP contribution in [-0.2, 0) is 14.3 Å². The molecule has 0 spiro atoms. The fraction of sp³-hybridized carbons (Fsp3) is 0.259. The number of thiazole rings is 1. The third-order valence-corrected chi connectivity index (χ3v) is 7.25. The van der Waals surface area contributed by atoms with Crippen molar-refractivity contribution in [1.29, 1.82) is 0 Å². The first-order chi connectivity index (χ1) is 17.8. The molecule has 4 rings (SSSR count). The Morgan fingerprint density at radius 2 is 1.92 bits per heavy atom. The lowest BCUT2D eigenvalue weighted by molar-refractivity contribution is -0.132. The quantitative estimate of drug-likeness (QED) is 0.128. The van der Waals surface area contributed by atoms with Crippen molar-refractivity contribution in [3.8, 4) is 5.75 Å². The summed E-state index contributed by atoms with van der Waals surface area (Å²) >= 11 is 6.93. The van der Waals surface area contributed by atoms with E-state index in [1.807, 2.05) is 0 Å². The Morgan fingerprint density at radius 3 is 2.59 bits per heavy atom. The molecule has 1 amide bonds. The molecule has 0 saturated carbocycles. The molecule has 0 aliphatic carbocycles. The summed E-state index contributed by atoms with van der Waals surface area (Å²) in [6.07, 6.45) is 1.83. The fourth-order valence-electron chi connectivity index (χ4n) is 3.98. The molecule has 2 aromatic carbocycles. The van der Waals surface area contributed by atoms with E-state index in [2.05, 4.69) is 11.9 Å². The maximum Gasteiger partial charge on any atom is 0.350 e. The van der Waals surface area contributed by atoms with Gasteiger partial charge in [-0.1, -0.05) is 48.4 Å². The van der Waals surface area contributed by atoms with Crippen molar-refractivity contribution in [2.24, 2.45) is 0 Å². The van der Waals surface area contributed by atoms with Crippen LogP contribution in [-0.4, -0.2) is 41.5 Å². The van der Waals surface area contributed by atoms with E-state index in [-0.39, 0.29) is 21.3 Å². The molecule has 1 aliphatic rings. The molecule has 2 heterocycles. The Morgan fingerprint density at radius 1 is 1.19 bits per heavy atom. The Hall–Kier alpha value is -3.69. The number of anilines is 1. The van der Waals surface area contributed by atoms with Crippen LogP contribution in [0.2, 0.25) is 5.02 Å². The number of ether oxygens (including phenoxy) is 2. The van der Waals surface area contributed by atoms with E-state index >= 15 is 0 Å². The standard InChI is InChI=1S/C27H25ClN2O6S/c1-4-5-13-36-19-8-6-7-17(14-19)21-20(22(31)16-9-11-18(28)12-10-16)23(32)25(33)30(21)27-29-15(2)24(37-27)26(34)35-3/h6-12,14,21,31H,4-5,13H2,1-3H3/b22-20+. The van der Waals surface area contributed by atoms with Gasteiger partial charge in [-0.3, -0.25) is 14.5 Å². The summed E-state index contributed by atoms with van der Waals surface area (Å²) in [4.78, 5) is 44.8. The molecule has 3 aromatic rings. The lowest BCUT2D eigenvalue weighted by Crippen LogP contribution is -2.29. The highest BCUT2D eigenvalue weighted by Gasteiger charge is 2.48. The van der Waals surface area contributed by atoms with Crippen molar-refractivity contribution >= 4 is 51.5 Å². The highest BCUT2D eigenvalue weighted by atomic mass is 35.5. The summed E-state index contributed by atoms with van der Waals surface area (Å²) in [5.41, 5.74) is 1.12. The van der Waals surface area contributed by atoms with Crippen LogP contribution in [0.5, 0.6) is 5.75 Å². The van der Waals surface area contributed by atoms with Gasteiger partial charge < -0.3 is 14.6 Å². The lowest BCUT2D eigenvalue weighted by Gasteiger charge is -2.23. The molecular weight excluding hydrogens is 516 g/mol. The van der Waals surface area contributed by atoms with Crippen molar-refractivity contribution in [2.75, 3.05) is 18.6 Å². The van der Waals surface area contributed by atoms with E-state index in [9.17, 15) is 19.5 Å². The minimum Gasteiger partial charge on any atom is -0.507 e. The van der Waals surface area contributed by atoms with E-state index in [1.165, 1.54) is 12.0 Å². The van der Waals surface area contributed by atoms with Crippen LogP contribution in [0.3, 0.4) is 0 Å². The maximum atomic E-state index is 13.4. The van der Waals surface area contributed by atoms with Crippen molar-refractivity contribution in [2.45, 2.75) is 32.7 Å². The van der Waals surface area contributed by atoms with Gasteiger partial charge in [0.1, 0.15) is 16.4 Å². The van der Waals surface area contributed by atoms with Gasteiger partial charge in [0.2, 0.25) is 0 Å². The smallest absolute Gasteiger partial charge is 0.350 e. The third-order valence-electron chi connectivity index (χ3n) is 5.86. The van der Waals surface area contributed by atoms with Crippen molar-refractivity contribution < 1.29 is 29.0 Å².